The molecular weight excluding hydrogens is 274 g/mol. The standard InChI is InChI=1S/C14H11N3O4/c1-16-8-9(7-15-16)6-12(18)21-17-13(19)10-4-2-3-5-11(10)14(17)20/h2-5,7-8H,6H2,1H3. The van der Waals surface area contributed by atoms with E-state index in [-0.39, 0.29) is 17.5 Å². The summed E-state index contributed by atoms with van der Waals surface area (Å²) >= 11 is 0. The fourth-order valence-electron chi connectivity index (χ4n) is 2.11. The molecule has 1 aromatic heterocycles. The molecule has 0 radical (unpaired) electrons. The third kappa shape index (κ3) is 2.29. The van der Waals surface area contributed by atoms with E-state index >= 15 is 0 Å². The van der Waals surface area contributed by atoms with Gasteiger partial charge in [-0.2, -0.15) is 5.10 Å². The first-order valence-corrected chi connectivity index (χ1v) is 6.22. The van der Waals surface area contributed by atoms with E-state index in [1.807, 2.05) is 0 Å². The number of amides is 2. The molecule has 0 unspecified atom stereocenters. The quantitative estimate of drug-likeness (QED) is 0.776. The predicted molar refractivity (Wildman–Crippen MR) is 69.9 cm³/mol. The van der Waals surface area contributed by atoms with E-state index < -0.39 is 17.8 Å². The van der Waals surface area contributed by atoms with E-state index in [2.05, 4.69) is 5.10 Å². The Hall–Kier alpha value is -2.96. The zero-order valence-electron chi connectivity index (χ0n) is 11.1. The highest BCUT2D eigenvalue weighted by atomic mass is 16.7. The molecule has 3 rings (SSSR count). The number of carbonyl (C=O) groups is 3. The Morgan fingerprint density at radius 1 is 1.19 bits per heavy atom. The predicted octanol–water partition coefficient (Wildman–Crippen LogP) is 0.717. The van der Waals surface area contributed by atoms with E-state index in [1.54, 1.807) is 30.1 Å². The summed E-state index contributed by atoms with van der Waals surface area (Å²) in [4.78, 5) is 40.7. The molecular formula is C14H11N3O4. The minimum atomic E-state index is -0.697. The summed E-state index contributed by atoms with van der Waals surface area (Å²) < 4.78 is 1.55. The van der Waals surface area contributed by atoms with Gasteiger partial charge in [0.05, 0.1) is 23.7 Å². The molecule has 0 N–H and O–H groups in total. The van der Waals surface area contributed by atoms with Gasteiger partial charge in [0.1, 0.15) is 0 Å². The Bertz CT molecular complexity index is 715. The van der Waals surface area contributed by atoms with Crippen LogP contribution in [-0.4, -0.2) is 32.6 Å². The van der Waals surface area contributed by atoms with Gasteiger partial charge in [-0.1, -0.05) is 17.2 Å². The third-order valence-electron chi connectivity index (χ3n) is 3.06. The SMILES string of the molecule is Cn1cc(CC(=O)ON2C(=O)c3ccccc3C2=O)cn1. The van der Waals surface area contributed by atoms with Gasteiger partial charge in [0.25, 0.3) is 11.8 Å². The van der Waals surface area contributed by atoms with Crippen molar-refractivity contribution in [3.8, 4) is 0 Å². The normalized spacial score (nSPS) is 13.5. The van der Waals surface area contributed by atoms with Crippen molar-refractivity contribution in [3.63, 3.8) is 0 Å². The maximum atomic E-state index is 12.0. The summed E-state index contributed by atoms with van der Waals surface area (Å²) in [6.07, 6.45) is 3.11. The average Bonchev–Trinajstić information content (AvgIpc) is 2.97. The number of imide groups is 1. The molecule has 106 valence electrons. The van der Waals surface area contributed by atoms with Crippen LogP contribution in [0.15, 0.2) is 36.7 Å². The second-order valence-corrected chi connectivity index (χ2v) is 4.61. The van der Waals surface area contributed by atoms with Gasteiger partial charge < -0.3 is 4.84 Å². The van der Waals surface area contributed by atoms with E-state index in [4.69, 9.17) is 4.84 Å². The van der Waals surface area contributed by atoms with Crippen molar-refractivity contribution in [1.82, 2.24) is 14.8 Å². The van der Waals surface area contributed by atoms with Crippen LogP contribution in [0, 0.1) is 0 Å². The van der Waals surface area contributed by atoms with Crippen molar-refractivity contribution >= 4 is 17.8 Å². The van der Waals surface area contributed by atoms with Gasteiger partial charge >= 0.3 is 5.97 Å². The lowest BCUT2D eigenvalue weighted by atomic mass is 10.1. The van der Waals surface area contributed by atoms with Crippen molar-refractivity contribution in [2.45, 2.75) is 6.42 Å². The van der Waals surface area contributed by atoms with Crippen LogP contribution in [-0.2, 0) is 23.1 Å². The maximum absolute atomic E-state index is 12.0. The number of rotatable bonds is 3. The van der Waals surface area contributed by atoms with Gasteiger partial charge in [0.15, 0.2) is 0 Å². The highest BCUT2D eigenvalue weighted by Crippen LogP contribution is 2.22. The number of hydroxylamine groups is 2. The number of hydrogen-bond donors (Lipinski definition) is 0. The van der Waals surface area contributed by atoms with Crippen LogP contribution in [0.4, 0.5) is 0 Å². The molecule has 21 heavy (non-hydrogen) atoms. The molecule has 1 aliphatic heterocycles. The van der Waals surface area contributed by atoms with Crippen molar-refractivity contribution in [2.75, 3.05) is 0 Å². The average molecular weight is 285 g/mol. The van der Waals surface area contributed by atoms with Gasteiger partial charge in [0.2, 0.25) is 0 Å². The summed E-state index contributed by atoms with van der Waals surface area (Å²) in [6, 6.07) is 6.32. The summed E-state index contributed by atoms with van der Waals surface area (Å²) in [6.45, 7) is 0. The van der Waals surface area contributed by atoms with Crippen molar-refractivity contribution in [2.24, 2.45) is 7.05 Å². The number of hydrogen-bond acceptors (Lipinski definition) is 5. The second-order valence-electron chi connectivity index (χ2n) is 4.61. The molecule has 0 spiro atoms. The molecule has 2 aromatic rings. The highest BCUT2D eigenvalue weighted by Gasteiger charge is 2.38. The van der Waals surface area contributed by atoms with Crippen LogP contribution in [0.2, 0.25) is 0 Å². The first kappa shape index (κ1) is 13.0. The lowest BCUT2D eigenvalue weighted by Gasteiger charge is -2.12. The number of aryl methyl sites for hydroxylation is 1. The topological polar surface area (TPSA) is 81.5 Å². The van der Waals surface area contributed by atoms with E-state index in [1.165, 1.54) is 18.3 Å². The Morgan fingerprint density at radius 2 is 1.81 bits per heavy atom. The summed E-state index contributed by atoms with van der Waals surface area (Å²) in [5, 5.41) is 4.43. The molecule has 1 aromatic carbocycles. The molecule has 2 amide bonds. The Labute approximate surface area is 119 Å². The van der Waals surface area contributed by atoms with Gasteiger partial charge in [0, 0.05) is 18.8 Å². The fourth-order valence-corrected chi connectivity index (χ4v) is 2.11. The fraction of sp³-hybridized carbons (Fsp3) is 0.143. The van der Waals surface area contributed by atoms with Gasteiger partial charge in [-0.05, 0) is 12.1 Å². The van der Waals surface area contributed by atoms with Crippen LogP contribution in [0.25, 0.3) is 0 Å². The van der Waals surface area contributed by atoms with Crippen LogP contribution < -0.4 is 0 Å². The number of carbonyl (C=O) groups excluding carboxylic acids is 3. The Balaban J connectivity index is 1.73. The number of fused-ring (bicyclic) bond motifs is 1. The maximum Gasteiger partial charge on any atom is 0.337 e. The van der Waals surface area contributed by atoms with Crippen molar-refractivity contribution in [3.05, 3.63) is 53.3 Å². The summed E-state index contributed by atoms with van der Waals surface area (Å²) in [7, 11) is 1.72. The zero-order chi connectivity index (χ0) is 15.0. The number of aromatic nitrogens is 2. The Kier molecular flexibility index (Phi) is 3.02. The van der Waals surface area contributed by atoms with Crippen LogP contribution >= 0.6 is 0 Å². The molecule has 2 heterocycles. The second kappa shape index (κ2) is 4.86. The number of nitrogens with zero attached hydrogens (tertiary/aromatic N) is 3. The van der Waals surface area contributed by atoms with Gasteiger partial charge in [-0.15, -0.1) is 0 Å². The lowest BCUT2D eigenvalue weighted by molar-refractivity contribution is -0.167. The monoisotopic (exact) mass is 285 g/mol. The minimum Gasteiger partial charge on any atom is -0.329 e. The van der Waals surface area contributed by atoms with Gasteiger partial charge in [-0.25, -0.2) is 4.79 Å². The number of benzene rings is 1. The molecule has 0 fully saturated rings. The molecule has 0 saturated carbocycles. The van der Waals surface area contributed by atoms with Gasteiger partial charge in [-0.3, -0.25) is 14.3 Å². The lowest BCUT2D eigenvalue weighted by Crippen LogP contribution is -2.33. The molecule has 0 saturated heterocycles. The molecule has 0 bridgehead atoms. The minimum absolute atomic E-state index is 0.0682. The van der Waals surface area contributed by atoms with E-state index in [0.29, 0.717) is 10.6 Å². The van der Waals surface area contributed by atoms with Crippen LogP contribution in [0.3, 0.4) is 0 Å². The zero-order valence-corrected chi connectivity index (χ0v) is 11.1. The molecule has 7 heteroatoms. The van der Waals surface area contributed by atoms with Crippen LogP contribution in [0.5, 0.6) is 0 Å². The molecule has 1 aliphatic rings. The van der Waals surface area contributed by atoms with E-state index in [9.17, 15) is 14.4 Å². The molecule has 0 aliphatic carbocycles. The smallest absolute Gasteiger partial charge is 0.329 e. The highest BCUT2D eigenvalue weighted by molar-refractivity contribution is 6.20. The molecule has 0 atom stereocenters. The first-order chi connectivity index (χ1) is 10.1. The summed E-state index contributed by atoms with van der Waals surface area (Å²) in [5.74, 6) is -1.96. The summed E-state index contributed by atoms with van der Waals surface area (Å²) in [5.41, 5.74) is 1.10. The largest absolute Gasteiger partial charge is 0.337 e. The first-order valence-electron chi connectivity index (χ1n) is 6.22. The van der Waals surface area contributed by atoms with Crippen molar-refractivity contribution < 1.29 is 19.2 Å². The van der Waals surface area contributed by atoms with Crippen LogP contribution in [0.1, 0.15) is 26.3 Å². The molecule has 7 nitrogen and oxygen atoms in total. The van der Waals surface area contributed by atoms with Crippen molar-refractivity contribution in [1.29, 1.82) is 0 Å². The third-order valence-corrected chi connectivity index (χ3v) is 3.06. The Morgan fingerprint density at radius 3 is 2.33 bits per heavy atom. The van der Waals surface area contributed by atoms with E-state index in [0.717, 1.165) is 0 Å².